The van der Waals surface area contributed by atoms with Crippen LogP contribution < -0.4 is 5.32 Å². The van der Waals surface area contributed by atoms with Crippen LogP contribution in [0.5, 0.6) is 0 Å². The Bertz CT molecular complexity index is 808. The van der Waals surface area contributed by atoms with Gasteiger partial charge in [0.25, 0.3) is 5.95 Å². The van der Waals surface area contributed by atoms with Gasteiger partial charge < -0.3 is 5.32 Å². The van der Waals surface area contributed by atoms with Gasteiger partial charge in [-0.25, -0.2) is 9.97 Å². The van der Waals surface area contributed by atoms with Gasteiger partial charge in [0.15, 0.2) is 0 Å². The van der Waals surface area contributed by atoms with Gasteiger partial charge >= 0.3 is 0 Å². The van der Waals surface area contributed by atoms with Gasteiger partial charge in [0, 0.05) is 30.3 Å². The molecule has 2 saturated carbocycles. The lowest BCUT2D eigenvalue weighted by atomic mass is 9.93. The smallest absolute Gasteiger partial charge is 0.252 e. The fourth-order valence-corrected chi connectivity index (χ4v) is 3.92. The molecular weight excluding hydrogens is 302 g/mol. The Labute approximate surface area is 140 Å². The lowest BCUT2D eigenvalue weighted by molar-refractivity contribution is -0.120. The van der Waals surface area contributed by atoms with E-state index in [1.165, 1.54) is 0 Å². The van der Waals surface area contributed by atoms with Crippen LogP contribution in [0.4, 0.5) is 5.82 Å². The molecule has 24 heavy (non-hydrogen) atoms. The standard InChI is InChI=1S/C18H19N5O/c24-17(14-9-11-2-3-13(14)8-11)21-16-10-15(12-4-5-12)22-23(16)18-19-6-1-7-20-18/h1-3,6-7,10-14H,4-5,8-9H2,(H,21,24)/t11-,13-,14+/m0/s1. The molecule has 2 aromatic rings. The van der Waals surface area contributed by atoms with Crippen molar-refractivity contribution in [3.63, 3.8) is 0 Å². The van der Waals surface area contributed by atoms with Crippen LogP contribution in [0.25, 0.3) is 5.95 Å². The molecule has 3 aliphatic carbocycles. The Morgan fingerprint density at radius 2 is 2.00 bits per heavy atom. The first-order chi connectivity index (χ1) is 11.8. The summed E-state index contributed by atoms with van der Waals surface area (Å²) in [4.78, 5) is 21.3. The molecule has 2 fully saturated rings. The molecule has 6 heteroatoms. The molecule has 3 atom stereocenters. The highest BCUT2D eigenvalue weighted by molar-refractivity contribution is 5.92. The molecule has 6 nitrogen and oxygen atoms in total. The fraction of sp³-hybridized carbons (Fsp3) is 0.444. The van der Waals surface area contributed by atoms with Gasteiger partial charge in [0.1, 0.15) is 5.82 Å². The molecule has 0 saturated heterocycles. The Morgan fingerprint density at radius 1 is 1.17 bits per heavy atom. The van der Waals surface area contributed by atoms with Crippen molar-refractivity contribution in [2.24, 2.45) is 17.8 Å². The predicted octanol–water partition coefficient (Wildman–Crippen LogP) is 2.69. The van der Waals surface area contributed by atoms with Crippen molar-refractivity contribution in [1.29, 1.82) is 0 Å². The van der Waals surface area contributed by atoms with Crippen molar-refractivity contribution in [2.45, 2.75) is 31.6 Å². The van der Waals surface area contributed by atoms with Crippen LogP contribution in [-0.4, -0.2) is 25.7 Å². The summed E-state index contributed by atoms with van der Waals surface area (Å²) in [5, 5.41) is 7.72. The molecule has 1 N–H and O–H groups in total. The van der Waals surface area contributed by atoms with Crippen molar-refractivity contribution < 1.29 is 4.79 Å². The molecule has 2 aromatic heterocycles. The Kier molecular flexibility index (Phi) is 3.04. The average Bonchev–Trinajstić information content (AvgIpc) is 3.05. The quantitative estimate of drug-likeness (QED) is 0.879. The van der Waals surface area contributed by atoms with Crippen LogP contribution in [0, 0.1) is 17.8 Å². The lowest BCUT2D eigenvalue weighted by Gasteiger charge is -2.17. The van der Waals surface area contributed by atoms with Gasteiger partial charge in [-0.3, -0.25) is 4.79 Å². The van der Waals surface area contributed by atoms with Crippen molar-refractivity contribution >= 4 is 11.7 Å². The van der Waals surface area contributed by atoms with Crippen molar-refractivity contribution in [2.75, 3.05) is 5.32 Å². The van der Waals surface area contributed by atoms with Crippen LogP contribution >= 0.6 is 0 Å². The third-order valence-corrected chi connectivity index (χ3v) is 5.33. The van der Waals surface area contributed by atoms with Gasteiger partial charge in [-0.1, -0.05) is 12.2 Å². The van der Waals surface area contributed by atoms with Gasteiger partial charge in [-0.15, -0.1) is 0 Å². The van der Waals surface area contributed by atoms with Crippen LogP contribution in [0.3, 0.4) is 0 Å². The van der Waals surface area contributed by atoms with E-state index in [0.717, 1.165) is 31.4 Å². The van der Waals surface area contributed by atoms with Crippen molar-refractivity contribution in [1.82, 2.24) is 19.7 Å². The van der Waals surface area contributed by atoms with Crippen LogP contribution in [0.15, 0.2) is 36.7 Å². The molecule has 0 aliphatic heterocycles. The third kappa shape index (κ3) is 2.33. The summed E-state index contributed by atoms with van der Waals surface area (Å²) in [6.45, 7) is 0. The maximum Gasteiger partial charge on any atom is 0.252 e. The van der Waals surface area contributed by atoms with Gasteiger partial charge in [-0.2, -0.15) is 9.78 Å². The van der Waals surface area contributed by atoms with Gasteiger partial charge in [0.2, 0.25) is 5.91 Å². The fourth-order valence-electron chi connectivity index (χ4n) is 3.92. The number of fused-ring (bicyclic) bond motifs is 2. The summed E-state index contributed by atoms with van der Waals surface area (Å²) < 4.78 is 1.66. The zero-order valence-electron chi connectivity index (χ0n) is 13.3. The lowest BCUT2D eigenvalue weighted by Crippen LogP contribution is -2.27. The van der Waals surface area contributed by atoms with E-state index in [4.69, 9.17) is 0 Å². The second kappa shape index (κ2) is 5.26. The highest BCUT2D eigenvalue weighted by atomic mass is 16.2. The number of hydrogen-bond acceptors (Lipinski definition) is 4. The molecule has 3 aliphatic rings. The van der Waals surface area contributed by atoms with Crippen LogP contribution in [0.2, 0.25) is 0 Å². The molecule has 2 bridgehead atoms. The van der Waals surface area contributed by atoms with E-state index in [2.05, 4.69) is 32.5 Å². The summed E-state index contributed by atoms with van der Waals surface area (Å²) in [7, 11) is 0. The molecule has 0 spiro atoms. The molecule has 2 heterocycles. The van der Waals surface area contributed by atoms with E-state index < -0.39 is 0 Å². The topological polar surface area (TPSA) is 72.7 Å². The SMILES string of the molecule is O=C(Nc1cc(C2CC2)nn1-c1ncccn1)[C@@H]1C[C@H]2C=C[C@H]1C2. The van der Waals surface area contributed by atoms with Crippen molar-refractivity contribution in [3.8, 4) is 5.95 Å². The predicted molar refractivity (Wildman–Crippen MR) is 88.6 cm³/mol. The molecule has 0 aromatic carbocycles. The summed E-state index contributed by atoms with van der Waals surface area (Å²) in [5.74, 6) is 2.82. The maximum absolute atomic E-state index is 12.8. The minimum atomic E-state index is 0.0735. The third-order valence-electron chi connectivity index (χ3n) is 5.33. The molecule has 5 rings (SSSR count). The number of nitrogens with one attached hydrogen (secondary N) is 1. The Morgan fingerprint density at radius 3 is 2.67 bits per heavy atom. The number of aromatic nitrogens is 4. The summed E-state index contributed by atoms with van der Waals surface area (Å²) in [6.07, 6.45) is 12.2. The number of anilines is 1. The molecule has 1 amide bonds. The number of hydrogen-bond donors (Lipinski definition) is 1. The summed E-state index contributed by atoms with van der Waals surface area (Å²) in [5.41, 5.74) is 1.02. The minimum Gasteiger partial charge on any atom is -0.310 e. The monoisotopic (exact) mass is 321 g/mol. The first-order valence-electron chi connectivity index (χ1n) is 8.64. The zero-order chi connectivity index (χ0) is 16.1. The highest BCUT2D eigenvalue weighted by Crippen LogP contribution is 2.44. The average molecular weight is 321 g/mol. The number of allylic oxidation sites excluding steroid dienone is 2. The second-order valence-corrected chi connectivity index (χ2v) is 7.07. The zero-order valence-corrected chi connectivity index (χ0v) is 13.3. The van der Waals surface area contributed by atoms with Gasteiger partial charge in [0.05, 0.1) is 5.69 Å². The molecule has 0 radical (unpaired) electrons. The largest absolute Gasteiger partial charge is 0.310 e. The van der Waals surface area contributed by atoms with E-state index in [1.54, 1.807) is 23.1 Å². The first-order valence-corrected chi connectivity index (χ1v) is 8.64. The number of rotatable bonds is 4. The van der Waals surface area contributed by atoms with E-state index in [9.17, 15) is 4.79 Å². The first kappa shape index (κ1) is 13.9. The summed E-state index contributed by atoms with van der Waals surface area (Å²) in [6, 6.07) is 3.75. The Hall–Kier alpha value is -2.50. The van der Waals surface area contributed by atoms with E-state index >= 15 is 0 Å². The second-order valence-electron chi connectivity index (χ2n) is 7.07. The number of amides is 1. The van der Waals surface area contributed by atoms with Crippen molar-refractivity contribution in [3.05, 3.63) is 42.4 Å². The highest BCUT2D eigenvalue weighted by Gasteiger charge is 2.40. The number of carbonyl (C=O) groups is 1. The maximum atomic E-state index is 12.8. The Balaban J connectivity index is 1.44. The van der Waals surface area contributed by atoms with E-state index in [0.29, 0.717) is 29.5 Å². The normalized spacial score (nSPS) is 27.6. The molecule has 122 valence electrons. The number of nitrogens with zero attached hydrogens (tertiary/aromatic N) is 4. The van der Waals surface area contributed by atoms with E-state index in [1.807, 2.05) is 6.07 Å². The molecular formula is C18H19N5O. The number of carbonyl (C=O) groups excluding carboxylic acids is 1. The van der Waals surface area contributed by atoms with Gasteiger partial charge in [-0.05, 0) is 43.6 Å². The van der Waals surface area contributed by atoms with E-state index in [-0.39, 0.29) is 11.8 Å². The van der Waals surface area contributed by atoms with Crippen LogP contribution in [-0.2, 0) is 4.79 Å². The van der Waals surface area contributed by atoms with Crippen LogP contribution in [0.1, 0.15) is 37.3 Å². The summed E-state index contributed by atoms with van der Waals surface area (Å²) >= 11 is 0. The molecule has 0 unspecified atom stereocenters. The minimum absolute atomic E-state index is 0.0735.